The molecule has 194 valence electrons. The van der Waals surface area contributed by atoms with Crippen molar-refractivity contribution in [2.75, 3.05) is 46.6 Å². The zero-order valence-electron chi connectivity index (χ0n) is 20.1. The van der Waals surface area contributed by atoms with Crippen molar-refractivity contribution in [3.63, 3.8) is 0 Å². The Labute approximate surface area is 210 Å². The molecule has 1 heterocycles. The molecule has 1 fully saturated rings. The van der Waals surface area contributed by atoms with E-state index in [4.69, 9.17) is 19.0 Å². The largest absolute Gasteiger partial charge is 0.465 e. The highest BCUT2D eigenvalue weighted by molar-refractivity contribution is 7.89. The van der Waals surface area contributed by atoms with Gasteiger partial charge in [0.25, 0.3) is 0 Å². The minimum absolute atomic E-state index is 0.0518. The van der Waals surface area contributed by atoms with Crippen LogP contribution in [0.3, 0.4) is 0 Å². The Kier molecular flexibility index (Phi) is 9.94. The van der Waals surface area contributed by atoms with E-state index in [0.29, 0.717) is 37.6 Å². The lowest BCUT2D eigenvalue weighted by molar-refractivity contribution is -0.150. The number of carbonyl (C=O) groups excluding carboxylic acids is 2. The summed E-state index contributed by atoms with van der Waals surface area (Å²) in [4.78, 5) is 31.6. The van der Waals surface area contributed by atoms with Gasteiger partial charge >= 0.3 is 11.9 Å². The van der Waals surface area contributed by atoms with Crippen LogP contribution in [0.2, 0.25) is 0 Å². The maximum atomic E-state index is 12.9. The number of oxime groups is 1. The van der Waals surface area contributed by atoms with Crippen molar-refractivity contribution in [2.45, 2.75) is 17.9 Å². The van der Waals surface area contributed by atoms with E-state index in [-0.39, 0.29) is 23.8 Å². The van der Waals surface area contributed by atoms with Crippen LogP contribution in [0.5, 0.6) is 5.75 Å². The Morgan fingerprint density at radius 1 is 1.08 bits per heavy atom. The summed E-state index contributed by atoms with van der Waals surface area (Å²) in [7, 11) is -2.68. The molecule has 1 atom stereocenters. The fourth-order valence-electron chi connectivity index (χ4n) is 3.50. The van der Waals surface area contributed by atoms with E-state index < -0.39 is 28.0 Å². The van der Waals surface area contributed by atoms with Gasteiger partial charge in [0.2, 0.25) is 10.0 Å². The second-order valence-electron chi connectivity index (χ2n) is 7.62. The molecule has 0 spiro atoms. The van der Waals surface area contributed by atoms with E-state index in [1.165, 1.54) is 31.4 Å². The number of sulfonamides is 1. The number of hydrogen-bond acceptors (Lipinski definition) is 10. The highest BCUT2D eigenvalue weighted by Gasteiger charge is 2.30. The summed E-state index contributed by atoms with van der Waals surface area (Å²) in [5.41, 5.74) is 0.169. The van der Waals surface area contributed by atoms with Crippen molar-refractivity contribution in [1.29, 1.82) is 0 Å². The minimum atomic E-state index is -3.97. The number of para-hydroxylation sites is 1. The summed E-state index contributed by atoms with van der Waals surface area (Å²) in [6.45, 7) is 3.58. The number of rotatable bonds is 11. The van der Waals surface area contributed by atoms with Gasteiger partial charge in [0.05, 0.1) is 24.7 Å². The third kappa shape index (κ3) is 7.34. The summed E-state index contributed by atoms with van der Waals surface area (Å²) in [6, 6.07) is 13.2. The van der Waals surface area contributed by atoms with Crippen molar-refractivity contribution in [3.8, 4) is 5.75 Å². The Bertz CT molecular complexity index is 1150. The van der Waals surface area contributed by atoms with Crippen LogP contribution >= 0.6 is 0 Å². The Balaban J connectivity index is 1.72. The Hall–Kier alpha value is -3.32. The SMILES string of the molecule is CCOC(=O)C(CNS(=O)(=O)c1ccc(C(=NOC)C(=O)Oc2ccccc2)cc1)N1CCOCC1. The van der Waals surface area contributed by atoms with Gasteiger partial charge in [-0.15, -0.1) is 0 Å². The molecular formula is C24H29N3O8S. The van der Waals surface area contributed by atoms with Crippen molar-refractivity contribution < 1.29 is 37.1 Å². The fourth-order valence-corrected chi connectivity index (χ4v) is 4.53. The number of morpholine rings is 1. The summed E-state index contributed by atoms with van der Waals surface area (Å²) < 4.78 is 44.1. The first-order valence-electron chi connectivity index (χ1n) is 11.3. The van der Waals surface area contributed by atoms with E-state index in [1.807, 2.05) is 4.90 Å². The molecule has 2 aromatic rings. The van der Waals surface area contributed by atoms with Gasteiger partial charge in [-0.05, 0) is 31.2 Å². The molecule has 2 aromatic carbocycles. The zero-order valence-corrected chi connectivity index (χ0v) is 20.9. The first-order valence-corrected chi connectivity index (χ1v) is 12.8. The number of nitrogens with one attached hydrogen (secondary N) is 1. The highest BCUT2D eigenvalue weighted by Crippen LogP contribution is 2.15. The van der Waals surface area contributed by atoms with E-state index in [2.05, 4.69) is 9.88 Å². The van der Waals surface area contributed by atoms with Crippen molar-refractivity contribution in [2.24, 2.45) is 5.16 Å². The molecule has 0 saturated carbocycles. The zero-order chi connectivity index (χ0) is 26.0. The van der Waals surface area contributed by atoms with Gasteiger partial charge in [0.1, 0.15) is 18.9 Å². The summed E-state index contributed by atoms with van der Waals surface area (Å²) >= 11 is 0. The number of hydrogen-bond donors (Lipinski definition) is 1. The van der Waals surface area contributed by atoms with E-state index in [1.54, 1.807) is 37.3 Å². The lowest BCUT2D eigenvalue weighted by Crippen LogP contribution is -2.53. The molecule has 1 unspecified atom stereocenters. The average Bonchev–Trinajstić information content (AvgIpc) is 2.89. The van der Waals surface area contributed by atoms with E-state index in [9.17, 15) is 18.0 Å². The lowest BCUT2D eigenvalue weighted by atomic mass is 10.1. The van der Waals surface area contributed by atoms with Gasteiger partial charge in [0.15, 0.2) is 5.71 Å². The van der Waals surface area contributed by atoms with Crippen molar-refractivity contribution in [1.82, 2.24) is 9.62 Å². The number of carbonyl (C=O) groups is 2. The van der Waals surface area contributed by atoms with Crippen LogP contribution in [-0.4, -0.2) is 83.6 Å². The third-order valence-corrected chi connectivity index (χ3v) is 6.72. The van der Waals surface area contributed by atoms with Gasteiger partial charge in [-0.1, -0.05) is 35.5 Å². The van der Waals surface area contributed by atoms with Crippen LogP contribution in [0.1, 0.15) is 12.5 Å². The number of benzene rings is 2. The summed E-state index contributed by atoms with van der Waals surface area (Å²) in [5, 5.41) is 3.74. The smallest absolute Gasteiger partial charge is 0.366 e. The summed E-state index contributed by atoms with van der Waals surface area (Å²) in [6.07, 6.45) is 0. The number of esters is 2. The normalized spacial score (nSPS) is 15.7. The third-order valence-electron chi connectivity index (χ3n) is 5.28. The quantitative estimate of drug-likeness (QED) is 0.201. The molecule has 1 aliphatic rings. The number of nitrogens with zero attached hydrogens (tertiary/aromatic N) is 2. The standard InChI is InChI=1S/C24H29N3O8S/c1-3-34-23(28)21(27-13-15-33-16-14-27)17-25-36(30,31)20-11-9-18(10-12-20)22(26-32-2)24(29)35-19-7-5-4-6-8-19/h4-12,21,25H,3,13-17H2,1-2H3. The second kappa shape index (κ2) is 13.1. The van der Waals surface area contributed by atoms with Crippen molar-refractivity contribution in [3.05, 3.63) is 60.2 Å². The van der Waals surface area contributed by atoms with Crippen molar-refractivity contribution >= 4 is 27.7 Å². The fraction of sp³-hybridized carbons (Fsp3) is 0.375. The molecule has 0 bridgehead atoms. The average molecular weight is 520 g/mol. The molecule has 0 amide bonds. The van der Waals surface area contributed by atoms with Gasteiger partial charge < -0.3 is 19.0 Å². The molecule has 0 radical (unpaired) electrons. The Morgan fingerprint density at radius 2 is 1.75 bits per heavy atom. The van der Waals surface area contributed by atoms with E-state index >= 15 is 0 Å². The first-order chi connectivity index (χ1) is 17.4. The van der Waals surface area contributed by atoms with Crippen LogP contribution in [0.25, 0.3) is 0 Å². The maximum Gasteiger partial charge on any atom is 0.366 e. The van der Waals surface area contributed by atoms with Crippen LogP contribution in [0, 0.1) is 0 Å². The summed E-state index contributed by atoms with van der Waals surface area (Å²) in [5.74, 6) is -0.944. The van der Waals surface area contributed by atoms with Gasteiger partial charge in [-0.2, -0.15) is 0 Å². The van der Waals surface area contributed by atoms with Crippen LogP contribution < -0.4 is 9.46 Å². The molecule has 3 rings (SSSR count). The topological polar surface area (TPSA) is 133 Å². The first kappa shape index (κ1) is 27.3. The molecule has 0 aliphatic carbocycles. The molecule has 1 saturated heterocycles. The lowest BCUT2D eigenvalue weighted by Gasteiger charge is -2.32. The van der Waals surface area contributed by atoms with Gasteiger partial charge in [-0.3, -0.25) is 9.69 Å². The molecule has 1 aliphatic heterocycles. The second-order valence-corrected chi connectivity index (χ2v) is 9.38. The molecule has 1 N–H and O–H groups in total. The predicted molar refractivity (Wildman–Crippen MR) is 130 cm³/mol. The highest BCUT2D eigenvalue weighted by atomic mass is 32.2. The maximum absolute atomic E-state index is 12.9. The van der Waals surface area contributed by atoms with Gasteiger partial charge in [-0.25, -0.2) is 17.9 Å². The molecular weight excluding hydrogens is 490 g/mol. The van der Waals surface area contributed by atoms with Crippen LogP contribution in [-0.2, 0) is 33.9 Å². The molecule has 36 heavy (non-hydrogen) atoms. The number of ether oxygens (including phenoxy) is 3. The molecule has 11 nitrogen and oxygen atoms in total. The molecule has 12 heteroatoms. The van der Waals surface area contributed by atoms with E-state index in [0.717, 1.165) is 0 Å². The minimum Gasteiger partial charge on any atom is -0.465 e. The Morgan fingerprint density at radius 3 is 2.36 bits per heavy atom. The van der Waals surface area contributed by atoms with Gasteiger partial charge in [0, 0.05) is 25.2 Å². The predicted octanol–water partition coefficient (Wildman–Crippen LogP) is 1.18. The van der Waals surface area contributed by atoms with Crippen LogP contribution in [0.15, 0.2) is 64.6 Å². The monoisotopic (exact) mass is 519 g/mol. The van der Waals surface area contributed by atoms with Crippen LogP contribution in [0.4, 0.5) is 0 Å². The molecule has 0 aromatic heterocycles.